The van der Waals surface area contributed by atoms with Crippen molar-refractivity contribution >= 4 is 17.3 Å². The third kappa shape index (κ3) is 3.24. The van der Waals surface area contributed by atoms with Gasteiger partial charge in [-0.1, -0.05) is 0 Å². The summed E-state index contributed by atoms with van der Waals surface area (Å²) >= 11 is 1.17. The van der Waals surface area contributed by atoms with Crippen LogP contribution in [0.3, 0.4) is 0 Å². The lowest BCUT2D eigenvalue weighted by atomic mass is 10.0. The first kappa shape index (κ1) is 12.5. The van der Waals surface area contributed by atoms with Gasteiger partial charge in [0, 0.05) is 24.6 Å². The number of carboxylic acid groups (broad SMARTS) is 1. The Morgan fingerprint density at radius 3 is 3.24 bits per heavy atom. The summed E-state index contributed by atoms with van der Waals surface area (Å²) < 4.78 is 5.33. The van der Waals surface area contributed by atoms with Crippen LogP contribution in [-0.2, 0) is 11.3 Å². The van der Waals surface area contributed by atoms with Crippen LogP contribution in [0.5, 0.6) is 0 Å². The largest absolute Gasteiger partial charge is 0.476 e. The van der Waals surface area contributed by atoms with E-state index >= 15 is 0 Å². The average molecular weight is 256 g/mol. The summed E-state index contributed by atoms with van der Waals surface area (Å²) in [5, 5.41) is 14.1. The molecule has 2 unspecified atom stereocenters. The number of thiazole rings is 1. The van der Waals surface area contributed by atoms with E-state index in [1.807, 2.05) is 0 Å². The van der Waals surface area contributed by atoms with E-state index in [1.165, 1.54) is 11.3 Å². The van der Waals surface area contributed by atoms with Crippen molar-refractivity contribution in [1.82, 2.24) is 10.3 Å². The maximum atomic E-state index is 10.7. The fraction of sp³-hybridized carbons (Fsp3) is 0.636. The third-order valence-electron chi connectivity index (χ3n) is 3.01. The van der Waals surface area contributed by atoms with Crippen molar-refractivity contribution in [2.45, 2.75) is 25.9 Å². The second-order valence-corrected chi connectivity index (χ2v) is 5.10. The molecule has 0 spiro atoms. The van der Waals surface area contributed by atoms with Gasteiger partial charge in [-0.15, -0.1) is 11.3 Å². The number of rotatable bonds is 5. The highest BCUT2D eigenvalue weighted by atomic mass is 32.1. The van der Waals surface area contributed by atoms with Gasteiger partial charge in [-0.25, -0.2) is 9.78 Å². The topological polar surface area (TPSA) is 71.5 Å². The molecule has 17 heavy (non-hydrogen) atoms. The standard InChI is InChI=1S/C11H16N2O3S/c1-7(8-2-3-16-5-8)12-4-9-6-17-10(13-9)11(14)15/h6-8,12H,2-5H2,1H3,(H,14,15). The van der Waals surface area contributed by atoms with Crippen LogP contribution in [0.4, 0.5) is 0 Å². The quantitative estimate of drug-likeness (QED) is 0.832. The lowest BCUT2D eigenvalue weighted by Gasteiger charge is -2.18. The van der Waals surface area contributed by atoms with E-state index in [4.69, 9.17) is 9.84 Å². The molecule has 1 aliphatic heterocycles. The first-order chi connectivity index (χ1) is 8.16. The summed E-state index contributed by atoms with van der Waals surface area (Å²) in [5.41, 5.74) is 0.790. The maximum absolute atomic E-state index is 10.7. The zero-order chi connectivity index (χ0) is 12.3. The number of hydrogen-bond donors (Lipinski definition) is 2. The minimum atomic E-state index is -0.960. The molecule has 0 bridgehead atoms. The van der Waals surface area contributed by atoms with Crippen molar-refractivity contribution in [3.8, 4) is 0 Å². The first-order valence-electron chi connectivity index (χ1n) is 5.65. The van der Waals surface area contributed by atoms with Crippen molar-refractivity contribution in [3.63, 3.8) is 0 Å². The number of ether oxygens (including phenoxy) is 1. The van der Waals surface area contributed by atoms with Crippen LogP contribution in [-0.4, -0.2) is 35.3 Å². The van der Waals surface area contributed by atoms with Crippen molar-refractivity contribution in [2.24, 2.45) is 5.92 Å². The molecule has 5 nitrogen and oxygen atoms in total. The van der Waals surface area contributed by atoms with E-state index in [-0.39, 0.29) is 5.01 Å². The van der Waals surface area contributed by atoms with Crippen molar-refractivity contribution in [2.75, 3.05) is 13.2 Å². The molecule has 2 atom stereocenters. The van der Waals surface area contributed by atoms with Gasteiger partial charge in [-0.05, 0) is 19.3 Å². The number of nitrogens with zero attached hydrogens (tertiary/aromatic N) is 1. The van der Waals surface area contributed by atoms with E-state index in [0.29, 0.717) is 18.5 Å². The summed E-state index contributed by atoms with van der Waals surface area (Å²) in [6.07, 6.45) is 1.09. The number of aromatic nitrogens is 1. The van der Waals surface area contributed by atoms with Crippen LogP contribution in [0.1, 0.15) is 28.8 Å². The van der Waals surface area contributed by atoms with Gasteiger partial charge < -0.3 is 15.2 Å². The van der Waals surface area contributed by atoms with Crippen LogP contribution in [0, 0.1) is 5.92 Å². The fourth-order valence-electron chi connectivity index (χ4n) is 1.87. The SMILES string of the molecule is CC(NCc1csc(C(=O)O)n1)C1CCOC1. The lowest BCUT2D eigenvalue weighted by molar-refractivity contribution is 0.0696. The number of carboxylic acids is 1. The van der Waals surface area contributed by atoms with Crippen LogP contribution >= 0.6 is 11.3 Å². The molecule has 94 valence electrons. The molecular weight excluding hydrogens is 240 g/mol. The molecule has 1 aliphatic rings. The Bertz CT molecular complexity index is 388. The van der Waals surface area contributed by atoms with Gasteiger partial charge in [-0.3, -0.25) is 0 Å². The number of nitrogens with one attached hydrogen (secondary N) is 1. The zero-order valence-corrected chi connectivity index (χ0v) is 10.5. The zero-order valence-electron chi connectivity index (χ0n) is 9.68. The minimum absolute atomic E-state index is 0.152. The predicted molar refractivity (Wildman–Crippen MR) is 64.3 cm³/mol. The van der Waals surface area contributed by atoms with Gasteiger partial charge >= 0.3 is 5.97 Å². The van der Waals surface area contributed by atoms with Crippen LogP contribution < -0.4 is 5.32 Å². The molecule has 1 saturated heterocycles. The first-order valence-corrected chi connectivity index (χ1v) is 6.53. The molecule has 0 saturated carbocycles. The number of hydrogen-bond acceptors (Lipinski definition) is 5. The van der Waals surface area contributed by atoms with Crippen LogP contribution in [0.25, 0.3) is 0 Å². The van der Waals surface area contributed by atoms with E-state index in [1.54, 1.807) is 5.38 Å². The number of carbonyl (C=O) groups is 1. The van der Waals surface area contributed by atoms with Crippen LogP contribution in [0.2, 0.25) is 0 Å². The third-order valence-corrected chi connectivity index (χ3v) is 3.89. The van der Waals surface area contributed by atoms with E-state index < -0.39 is 5.97 Å². The van der Waals surface area contributed by atoms with Crippen molar-refractivity contribution in [1.29, 1.82) is 0 Å². The van der Waals surface area contributed by atoms with Gasteiger partial charge in [0.15, 0.2) is 0 Å². The Balaban J connectivity index is 1.82. The van der Waals surface area contributed by atoms with Gasteiger partial charge in [0.25, 0.3) is 0 Å². The Kier molecular flexibility index (Phi) is 4.09. The van der Waals surface area contributed by atoms with E-state index in [0.717, 1.165) is 25.3 Å². The molecule has 2 rings (SSSR count). The summed E-state index contributed by atoms with van der Waals surface area (Å²) in [6, 6.07) is 0.368. The molecule has 0 radical (unpaired) electrons. The summed E-state index contributed by atoms with van der Waals surface area (Å²) in [7, 11) is 0. The van der Waals surface area contributed by atoms with Gasteiger partial charge in [0.2, 0.25) is 5.01 Å². The van der Waals surface area contributed by atoms with Gasteiger partial charge in [0.1, 0.15) is 0 Å². The molecule has 0 aliphatic carbocycles. The molecular formula is C11H16N2O3S. The Morgan fingerprint density at radius 1 is 1.82 bits per heavy atom. The molecule has 0 amide bonds. The lowest BCUT2D eigenvalue weighted by Crippen LogP contribution is -2.33. The van der Waals surface area contributed by atoms with E-state index in [9.17, 15) is 4.79 Å². The molecule has 1 aromatic rings. The summed E-state index contributed by atoms with van der Waals surface area (Å²) in [4.78, 5) is 14.7. The highest BCUT2D eigenvalue weighted by Crippen LogP contribution is 2.17. The van der Waals surface area contributed by atoms with Gasteiger partial charge in [-0.2, -0.15) is 0 Å². The van der Waals surface area contributed by atoms with E-state index in [2.05, 4.69) is 17.2 Å². The molecule has 0 aromatic carbocycles. The molecule has 1 fully saturated rings. The normalized spacial score (nSPS) is 21.6. The smallest absolute Gasteiger partial charge is 0.365 e. The van der Waals surface area contributed by atoms with Crippen molar-refractivity contribution in [3.05, 3.63) is 16.1 Å². The molecule has 1 aromatic heterocycles. The Morgan fingerprint density at radius 2 is 2.65 bits per heavy atom. The fourth-order valence-corrected chi connectivity index (χ4v) is 2.52. The van der Waals surface area contributed by atoms with Crippen LogP contribution in [0.15, 0.2) is 5.38 Å². The summed E-state index contributed by atoms with van der Waals surface area (Å²) in [6.45, 7) is 4.40. The maximum Gasteiger partial charge on any atom is 0.365 e. The highest BCUT2D eigenvalue weighted by Gasteiger charge is 2.22. The molecule has 2 heterocycles. The predicted octanol–water partition coefficient (Wildman–Crippen LogP) is 1.36. The molecule has 6 heteroatoms. The molecule has 2 N–H and O–H groups in total. The average Bonchev–Trinajstić information content (AvgIpc) is 2.97. The highest BCUT2D eigenvalue weighted by molar-refractivity contribution is 7.11. The second kappa shape index (κ2) is 5.57. The Hall–Kier alpha value is -0.980. The minimum Gasteiger partial charge on any atom is -0.476 e. The van der Waals surface area contributed by atoms with Crippen molar-refractivity contribution < 1.29 is 14.6 Å². The van der Waals surface area contributed by atoms with Gasteiger partial charge in [0.05, 0.1) is 12.3 Å². The monoisotopic (exact) mass is 256 g/mol. The number of aromatic carboxylic acids is 1. The Labute approximate surface area is 104 Å². The summed E-state index contributed by atoms with van der Waals surface area (Å²) in [5.74, 6) is -0.411. The second-order valence-electron chi connectivity index (χ2n) is 4.24.